The van der Waals surface area contributed by atoms with Crippen molar-refractivity contribution in [1.29, 1.82) is 0 Å². The van der Waals surface area contributed by atoms with Gasteiger partial charge in [-0.15, -0.1) is 0 Å². The van der Waals surface area contributed by atoms with Gasteiger partial charge in [0, 0.05) is 31.5 Å². The second kappa shape index (κ2) is 14.7. The minimum absolute atomic E-state index is 0.756. The molecule has 0 aliphatic carbocycles. The molecule has 2 rings (SSSR count). The lowest BCUT2D eigenvalue weighted by Crippen LogP contribution is -2.48. The molecular weight excluding hydrogens is 428 g/mol. The van der Waals surface area contributed by atoms with Crippen molar-refractivity contribution in [3.8, 4) is 23.0 Å². The summed E-state index contributed by atoms with van der Waals surface area (Å²) in [5.74, 6) is 3.05. The first-order valence-electron chi connectivity index (χ1n) is 12.5. The van der Waals surface area contributed by atoms with E-state index in [9.17, 15) is 0 Å². The van der Waals surface area contributed by atoms with Crippen molar-refractivity contribution in [2.24, 2.45) is 0 Å². The van der Waals surface area contributed by atoms with Gasteiger partial charge in [0.15, 0.2) is 23.0 Å². The van der Waals surface area contributed by atoms with E-state index in [0.29, 0.717) is 0 Å². The van der Waals surface area contributed by atoms with Gasteiger partial charge < -0.3 is 24.3 Å². The van der Waals surface area contributed by atoms with E-state index in [1.165, 1.54) is 36.9 Å². The van der Waals surface area contributed by atoms with Crippen molar-refractivity contribution >= 4 is 5.69 Å². The van der Waals surface area contributed by atoms with Crippen molar-refractivity contribution < 1.29 is 18.9 Å². The van der Waals surface area contributed by atoms with Crippen LogP contribution in [0.2, 0.25) is 0 Å². The van der Waals surface area contributed by atoms with Crippen LogP contribution in [0.25, 0.3) is 0 Å². The molecule has 0 fully saturated rings. The number of ether oxygens (including phenoxy) is 4. The number of nitrogens with zero attached hydrogens (tertiary/aromatic N) is 1. The minimum atomic E-state index is 0.756. The molecule has 0 spiro atoms. The molecule has 0 saturated heterocycles. The molecule has 1 N–H and O–H groups in total. The van der Waals surface area contributed by atoms with Crippen molar-refractivity contribution in [2.45, 2.75) is 45.4 Å². The highest BCUT2D eigenvalue weighted by Crippen LogP contribution is 2.34. The zero-order chi connectivity index (χ0) is 24.8. The van der Waals surface area contributed by atoms with Crippen LogP contribution in [0.15, 0.2) is 36.4 Å². The number of methoxy groups -OCH3 is 4. The van der Waals surface area contributed by atoms with Gasteiger partial charge in [-0.2, -0.15) is 0 Å². The summed E-state index contributed by atoms with van der Waals surface area (Å²) in [6.45, 7) is 6.38. The Kier molecular flexibility index (Phi) is 12.1. The van der Waals surface area contributed by atoms with E-state index in [2.05, 4.69) is 43.6 Å². The summed E-state index contributed by atoms with van der Waals surface area (Å²) in [4.78, 5) is 0. The summed E-state index contributed by atoms with van der Waals surface area (Å²) < 4.78 is 22.8. The van der Waals surface area contributed by atoms with Gasteiger partial charge in [0.05, 0.1) is 48.6 Å². The molecule has 6 heteroatoms. The normalized spacial score (nSPS) is 12.8. The summed E-state index contributed by atoms with van der Waals surface area (Å²) in [6.07, 6.45) is 7.21. The molecule has 0 aliphatic rings. The molecule has 6 nitrogen and oxygen atoms in total. The molecule has 0 aliphatic heterocycles. The molecule has 0 amide bonds. The second-order valence-corrected chi connectivity index (χ2v) is 8.99. The van der Waals surface area contributed by atoms with Gasteiger partial charge in [-0.3, -0.25) is 4.48 Å². The lowest BCUT2D eigenvalue weighted by atomic mass is 10.1. The third kappa shape index (κ3) is 8.10. The summed E-state index contributed by atoms with van der Waals surface area (Å²) in [6, 6.07) is 12.5. The summed E-state index contributed by atoms with van der Waals surface area (Å²) >= 11 is 0. The van der Waals surface area contributed by atoms with Gasteiger partial charge in [-0.05, 0) is 36.7 Å². The quantitative estimate of drug-likeness (QED) is 0.244. The third-order valence-corrected chi connectivity index (χ3v) is 6.54. The fourth-order valence-corrected chi connectivity index (χ4v) is 4.30. The van der Waals surface area contributed by atoms with Gasteiger partial charge in [0.25, 0.3) is 0 Å². The highest BCUT2D eigenvalue weighted by molar-refractivity contribution is 5.54. The first kappa shape index (κ1) is 27.8. The number of nitrogens with one attached hydrogen (secondary N) is 1. The van der Waals surface area contributed by atoms with E-state index in [0.717, 1.165) is 66.5 Å². The Balaban J connectivity index is 2.12. The SMILES string of the molecule is CCCCCCNCCC[N+](C)(CCc1ccc(OC)c(OC)c1)c1ccc(OC)c(OC)c1. The molecule has 1 unspecified atom stereocenters. The molecule has 34 heavy (non-hydrogen) atoms. The predicted molar refractivity (Wildman–Crippen MR) is 142 cm³/mol. The first-order chi connectivity index (χ1) is 16.5. The number of hydrogen-bond acceptors (Lipinski definition) is 5. The number of rotatable bonds is 17. The largest absolute Gasteiger partial charge is 0.493 e. The minimum Gasteiger partial charge on any atom is -0.493 e. The van der Waals surface area contributed by atoms with Gasteiger partial charge in [-0.25, -0.2) is 0 Å². The van der Waals surface area contributed by atoms with Crippen LogP contribution >= 0.6 is 0 Å². The number of quaternary nitrogens is 1. The lowest BCUT2D eigenvalue weighted by Gasteiger charge is -2.35. The van der Waals surface area contributed by atoms with Crippen molar-refractivity contribution in [2.75, 3.05) is 61.7 Å². The Morgan fingerprint density at radius 3 is 1.94 bits per heavy atom. The first-order valence-corrected chi connectivity index (χ1v) is 12.5. The van der Waals surface area contributed by atoms with Crippen LogP contribution in [0, 0.1) is 0 Å². The average Bonchev–Trinajstić information content (AvgIpc) is 2.88. The van der Waals surface area contributed by atoms with Gasteiger partial charge in [0.2, 0.25) is 0 Å². The molecule has 1 atom stereocenters. The van der Waals surface area contributed by atoms with Crippen molar-refractivity contribution in [3.05, 3.63) is 42.0 Å². The molecule has 0 radical (unpaired) electrons. The molecule has 190 valence electrons. The van der Waals surface area contributed by atoms with Crippen LogP contribution in [-0.4, -0.2) is 61.7 Å². The topological polar surface area (TPSA) is 49.0 Å². The molecular formula is C28H45N2O4+. The second-order valence-electron chi connectivity index (χ2n) is 8.99. The number of likely N-dealkylation sites (N-methyl/N-ethyl adjacent to an activating group) is 1. The third-order valence-electron chi connectivity index (χ3n) is 6.54. The Bertz CT molecular complexity index is 858. The van der Waals surface area contributed by atoms with Crippen LogP contribution in [0.3, 0.4) is 0 Å². The molecule has 2 aromatic carbocycles. The van der Waals surface area contributed by atoms with E-state index in [1.807, 2.05) is 12.1 Å². The standard InChI is InChI=1S/C28H45N2O4/c1-7-8-9-10-17-29-18-11-19-30(2,24-13-15-26(32-4)28(22-24)34-6)20-16-23-12-14-25(31-3)27(21-23)33-5/h12-15,21-22,29H,7-11,16-20H2,1-6H3/q+1. The maximum Gasteiger partial charge on any atom is 0.166 e. The van der Waals surface area contributed by atoms with Crippen LogP contribution in [0.1, 0.15) is 44.6 Å². The Morgan fingerprint density at radius 2 is 1.29 bits per heavy atom. The number of hydrogen-bond donors (Lipinski definition) is 1. The van der Waals surface area contributed by atoms with Crippen LogP contribution < -0.4 is 28.7 Å². The number of benzene rings is 2. The van der Waals surface area contributed by atoms with E-state index in [-0.39, 0.29) is 0 Å². The lowest BCUT2D eigenvalue weighted by molar-refractivity contribution is 0.319. The maximum absolute atomic E-state index is 5.60. The van der Waals surface area contributed by atoms with Crippen molar-refractivity contribution in [3.63, 3.8) is 0 Å². The Labute approximate surface area is 206 Å². The smallest absolute Gasteiger partial charge is 0.166 e. The highest BCUT2D eigenvalue weighted by Gasteiger charge is 2.26. The van der Waals surface area contributed by atoms with E-state index in [1.54, 1.807) is 28.4 Å². The van der Waals surface area contributed by atoms with Gasteiger partial charge in [-0.1, -0.05) is 32.3 Å². The monoisotopic (exact) mass is 473 g/mol. The van der Waals surface area contributed by atoms with Crippen LogP contribution in [0.4, 0.5) is 5.69 Å². The van der Waals surface area contributed by atoms with Crippen LogP contribution in [0.5, 0.6) is 23.0 Å². The zero-order valence-corrected chi connectivity index (χ0v) is 22.1. The van der Waals surface area contributed by atoms with Crippen LogP contribution in [-0.2, 0) is 6.42 Å². The average molecular weight is 474 g/mol. The molecule has 0 heterocycles. The maximum atomic E-state index is 5.60. The van der Waals surface area contributed by atoms with E-state index < -0.39 is 0 Å². The van der Waals surface area contributed by atoms with Gasteiger partial charge in [0.1, 0.15) is 5.69 Å². The van der Waals surface area contributed by atoms with Gasteiger partial charge >= 0.3 is 0 Å². The fourth-order valence-electron chi connectivity index (χ4n) is 4.30. The Morgan fingerprint density at radius 1 is 0.676 bits per heavy atom. The van der Waals surface area contributed by atoms with E-state index in [4.69, 9.17) is 18.9 Å². The summed E-state index contributed by atoms with van der Waals surface area (Å²) in [5, 5.41) is 3.63. The fraction of sp³-hybridized carbons (Fsp3) is 0.571. The molecule has 0 bridgehead atoms. The summed E-state index contributed by atoms with van der Waals surface area (Å²) in [7, 11) is 9.03. The molecule has 2 aromatic rings. The number of unbranched alkanes of at least 4 members (excludes halogenated alkanes) is 3. The van der Waals surface area contributed by atoms with Crippen molar-refractivity contribution in [1.82, 2.24) is 9.80 Å². The predicted octanol–water partition coefficient (Wildman–Crippen LogP) is 5.46. The Hall–Kier alpha value is -2.44. The van der Waals surface area contributed by atoms with E-state index >= 15 is 0 Å². The molecule has 0 saturated carbocycles. The zero-order valence-electron chi connectivity index (χ0n) is 22.1. The summed E-state index contributed by atoms with van der Waals surface area (Å²) in [5.41, 5.74) is 2.46. The molecule has 0 aromatic heterocycles. The highest BCUT2D eigenvalue weighted by atomic mass is 16.5.